The molecule has 0 saturated heterocycles. The lowest BCUT2D eigenvalue weighted by atomic mass is 10.1. The Balaban J connectivity index is 2.30. The van der Waals surface area contributed by atoms with Crippen LogP contribution in [0.1, 0.15) is 25.8 Å². The van der Waals surface area contributed by atoms with Crippen LogP contribution in [0.4, 0.5) is 0 Å². The molecule has 0 aromatic heterocycles. The molecule has 0 heterocycles. The fourth-order valence-electron chi connectivity index (χ4n) is 1.95. The molecule has 1 atom stereocenters. The summed E-state index contributed by atoms with van der Waals surface area (Å²) in [5.41, 5.74) is 7.09. The lowest BCUT2D eigenvalue weighted by Gasteiger charge is -2.19. The molecule has 21 heavy (non-hydrogen) atoms. The van der Waals surface area contributed by atoms with Crippen molar-refractivity contribution in [3.05, 3.63) is 35.9 Å². The smallest absolute Gasteiger partial charge is 0.237 e. The molecule has 0 saturated carbocycles. The summed E-state index contributed by atoms with van der Waals surface area (Å²) >= 11 is 0. The Hall–Kier alpha value is -1.43. The van der Waals surface area contributed by atoms with Crippen molar-refractivity contribution >= 4 is 5.91 Å². The predicted octanol–water partition coefficient (Wildman–Crippen LogP) is 1.46. The van der Waals surface area contributed by atoms with E-state index in [1.807, 2.05) is 44.2 Å². The quantitative estimate of drug-likeness (QED) is 0.641. The lowest BCUT2D eigenvalue weighted by molar-refractivity contribution is -0.141. The molecule has 0 fully saturated rings. The average Bonchev–Trinajstić information content (AvgIpc) is 2.51. The van der Waals surface area contributed by atoms with Crippen molar-refractivity contribution in [2.45, 2.75) is 39.0 Å². The summed E-state index contributed by atoms with van der Waals surface area (Å²) in [6, 6.07) is 9.48. The van der Waals surface area contributed by atoms with E-state index in [-0.39, 0.29) is 5.91 Å². The van der Waals surface area contributed by atoms with Gasteiger partial charge in [-0.3, -0.25) is 4.79 Å². The first-order chi connectivity index (χ1) is 10.2. The van der Waals surface area contributed by atoms with Crippen LogP contribution in [0.15, 0.2) is 30.3 Å². The zero-order chi connectivity index (χ0) is 15.5. The minimum atomic E-state index is -0.519. The van der Waals surface area contributed by atoms with Crippen LogP contribution < -0.4 is 11.1 Å². The number of benzene rings is 1. The van der Waals surface area contributed by atoms with E-state index in [4.69, 9.17) is 15.2 Å². The summed E-state index contributed by atoms with van der Waals surface area (Å²) in [5, 5.41) is 2.77. The number of carbonyl (C=O) groups excluding carboxylic acids is 1. The summed E-state index contributed by atoms with van der Waals surface area (Å²) in [7, 11) is 0. The van der Waals surface area contributed by atoms with Crippen molar-refractivity contribution in [1.82, 2.24) is 5.32 Å². The van der Waals surface area contributed by atoms with Crippen LogP contribution in [0.5, 0.6) is 0 Å². The number of hydrogen-bond acceptors (Lipinski definition) is 4. The maximum atomic E-state index is 11.9. The van der Waals surface area contributed by atoms with Gasteiger partial charge in [0.15, 0.2) is 6.29 Å². The van der Waals surface area contributed by atoms with Crippen LogP contribution in [0.2, 0.25) is 0 Å². The molecular weight excluding hydrogens is 268 g/mol. The van der Waals surface area contributed by atoms with E-state index in [9.17, 15) is 4.79 Å². The fraction of sp³-hybridized carbons (Fsp3) is 0.562. The number of hydrogen-bond donors (Lipinski definition) is 2. The number of nitrogens with one attached hydrogen (secondary N) is 1. The second-order valence-corrected chi connectivity index (χ2v) is 4.72. The van der Waals surface area contributed by atoms with Gasteiger partial charge in [-0.15, -0.1) is 0 Å². The second kappa shape index (κ2) is 10.3. The highest BCUT2D eigenvalue weighted by Crippen LogP contribution is 2.04. The van der Waals surface area contributed by atoms with Crippen molar-refractivity contribution < 1.29 is 14.3 Å². The molecule has 3 N–H and O–H groups in total. The molecule has 0 aliphatic heterocycles. The van der Waals surface area contributed by atoms with E-state index in [1.54, 1.807) is 0 Å². The Bertz CT molecular complexity index is 392. The fourth-order valence-corrected chi connectivity index (χ4v) is 1.95. The molecule has 1 aromatic rings. The largest absolute Gasteiger partial charge is 0.351 e. The third-order valence-electron chi connectivity index (χ3n) is 3.07. The number of nitrogens with two attached hydrogens (primary N) is 1. The highest BCUT2D eigenvalue weighted by atomic mass is 16.7. The Kier molecular flexibility index (Phi) is 8.66. The maximum Gasteiger partial charge on any atom is 0.237 e. The number of carbonyl (C=O) groups is 1. The molecule has 0 bridgehead atoms. The summed E-state index contributed by atoms with van der Waals surface area (Å²) in [6.45, 7) is 5.18. The first-order valence-electron chi connectivity index (χ1n) is 7.47. The standard InChI is InChI=1S/C16H26N2O3/c1-3-20-15(21-4-2)12-18-16(19)14(17)11-10-13-8-6-5-7-9-13/h5-9,14-15H,3-4,10-12,17H2,1-2H3,(H,18,19). The monoisotopic (exact) mass is 294 g/mol. The molecule has 0 spiro atoms. The molecule has 1 rings (SSSR count). The highest BCUT2D eigenvalue weighted by Gasteiger charge is 2.15. The van der Waals surface area contributed by atoms with Gasteiger partial charge in [0.05, 0.1) is 12.6 Å². The van der Waals surface area contributed by atoms with Gasteiger partial charge >= 0.3 is 0 Å². The third-order valence-corrected chi connectivity index (χ3v) is 3.07. The van der Waals surface area contributed by atoms with Crippen molar-refractivity contribution in [2.24, 2.45) is 5.73 Å². The average molecular weight is 294 g/mol. The number of amides is 1. The Morgan fingerprint density at radius 2 is 1.81 bits per heavy atom. The second-order valence-electron chi connectivity index (χ2n) is 4.72. The van der Waals surface area contributed by atoms with Gasteiger partial charge in [-0.2, -0.15) is 0 Å². The van der Waals surface area contributed by atoms with E-state index < -0.39 is 12.3 Å². The van der Waals surface area contributed by atoms with Crippen molar-refractivity contribution in [3.63, 3.8) is 0 Å². The topological polar surface area (TPSA) is 73.6 Å². The van der Waals surface area contributed by atoms with Crippen LogP contribution in [0, 0.1) is 0 Å². The first-order valence-corrected chi connectivity index (χ1v) is 7.47. The van der Waals surface area contributed by atoms with Crippen LogP contribution in [-0.4, -0.2) is 38.0 Å². The molecule has 118 valence electrons. The normalized spacial score (nSPS) is 12.4. The van der Waals surface area contributed by atoms with Crippen molar-refractivity contribution in [1.29, 1.82) is 0 Å². The van der Waals surface area contributed by atoms with Crippen LogP contribution in [0.25, 0.3) is 0 Å². The Labute approximate surface area is 126 Å². The minimum Gasteiger partial charge on any atom is -0.351 e. The van der Waals surface area contributed by atoms with Gasteiger partial charge in [0.2, 0.25) is 5.91 Å². The van der Waals surface area contributed by atoms with E-state index >= 15 is 0 Å². The Morgan fingerprint density at radius 3 is 2.38 bits per heavy atom. The van der Waals surface area contributed by atoms with Crippen molar-refractivity contribution in [2.75, 3.05) is 19.8 Å². The molecule has 5 nitrogen and oxygen atoms in total. The maximum absolute atomic E-state index is 11.9. The first kappa shape index (κ1) is 17.6. The van der Waals surface area contributed by atoms with Gasteiger partial charge in [0.1, 0.15) is 0 Å². The van der Waals surface area contributed by atoms with Gasteiger partial charge in [0.25, 0.3) is 0 Å². The summed E-state index contributed by atoms with van der Waals surface area (Å²) in [4.78, 5) is 11.9. The van der Waals surface area contributed by atoms with E-state index in [0.29, 0.717) is 26.2 Å². The van der Waals surface area contributed by atoms with Gasteiger partial charge < -0.3 is 20.5 Å². The van der Waals surface area contributed by atoms with E-state index in [0.717, 1.165) is 6.42 Å². The predicted molar refractivity (Wildman–Crippen MR) is 82.8 cm³/mol. The van der Waals surface area contributed by atoms with Gasteiger partial charge in [-0.25, -0.2) is 0 Å². The third kappa shape index (κ3) is 7.22. The molecule has 5 heteroatoms. The molecule has 0 radical (unpaired) electrons. The molecule has 0 aliphatic carbocycles. The van der Waals surface area contributed by atoms with Crippen LogP contribution >= 0.6 is 0 Å². The number of rotatable bonds is 10. The zero-order valence-electron chi connectivity index (χ0n) is 12.9. The number of aryl methyl sites for hydroxylation is 1. The van der Waals surface area contributed by atoms with Crippen LogP contribution in [-0.2, 0) is 20.7 Å². The van der Waals surface area contributed by atoms with Crippen molar-refractivity contribution in [3.8, 4) is 0 Å². The zero-order valence-corrected chi connectivity index (χ0v) is 12.9. The van der Waals surface area contributed by atoms with E-state index in [2.05, 4.69) is 5.32 Å². The molecule has 1 amide bonds. The number of ether oxygens (including phenoxy) is 2. The summed E-state index contributed by atoms with van der Waals surface area (Å²) in [5.74, 6) is -0.171. The Morgan fingerprint density at radius 1 is 1.19 bits per heavy atom. The SMILES string of the molecule is CCOC(CNC(=O)C(N)CCc1ccccc1)OCC. The van der Waals surface area contributed by atoms with Gasteiger partial charge in [-0.1, -0.05) is 30.3 Å². The van der Waals surface area contributed by atoms with Gasteiger partial charge in [0, 0.05) is 13.2 Å². The minimum absolute atomic E-state index is 0.171. The van der Waals surface area contributed by atoms with Crippen LogP contribution in [0.3, 0.4) is 0 Å². The lowest BCUT2D eigenvalue weighted by Crippen LogP contribution is -2.44. The molecule has 0 aliphatic rings. The molecule has 1 unspecified atom stereocenters. The highest BCUT2D eigenvalue weighted by molar-refractivity contribution is 5.81. The summed E-state index contributed by atoms with van der Waals surface area (Å²) < 4.78 is 10.7. The molecule has 1 aromatic carbocycles. The molecular formula is C16H26N2O3. The van der Waals surface area contributed by atoms with E-state index in [1.165, 1.54) is 5.56 Å². The summed E-state index contributed by atoms with van der Waals surface area (Å²) in [6.07, 6.45) is 0.991. The van der Waals surface area contributed by atoms with Gasteiger partial charge in [-0.05, 0) is 32.3 Å².